The maximum atomic E-state index is 13.4. The third kappa shape index (κ3) is 3.70. The highest BCUT2D eigenvalue weighted by Crippen LogP contribution is 2.35. The van der Waals surface area contributed by atoms with E-state index in [1.807, 2.05) is 61.5 Å². The quantitative estimate of drug-likeness (QED) is 0.359. The van der Waals surface area contributed by atoms with E-state index < -0.39 is 5.91 Å². The molecule has 0 unspecified atom stereocenters. The van der Waals surface area contributed by atoms with Crippen molar-refractivity contribution in [1.82, 2.24) is 14.3 Å². The predicted molar refractivity (Wildman–Crippen MR) is 128 cm³/mol. The maximum absolute atomic E-state index is 13.4. The lowest BCUT2D eigenvalue weighted by molar-refractivity contribution is 0.0959. The van der Waals surface area contributed by atoms with E-state index in [1.165, 1.54) is 10.6 Å². The molecule has 3 aromatic carbocycles. The Morgan fingerprint density at radius 2 is 1.61 bits per heavy atom. The van der Waals surface area contributed by atoms with E-state index >= 15 is 0 Å². The third-order valence-corrected chi connectivity index (χ3v) is 5.67. The van der Waals surface area contributed by atoms with E-state index in [2.05, 4.69) is 10.4 Å². The van der Waals surface area contributed by atoms with E-state index in [0.717, 1.165) is 33.7 Å². The molecule has 5 aromatic rings. The van der Waals surface area contributed by atoms with Crippen LogP contribution in [-0.2, 0) is 7.05 Å². The number of nitrogens with zero attached hydrogens (tertiary/aromatic N) is 3. The molecular weight excluding hydrogens is 416 g/mol. The van der Waals surface area contributed by atoms with Crippen LogP contribution in [0.25, 0.3) is 22.0 Å². The molecule has 0 amide bonds. The van der Waals surface area contributed by atoms with Crippen LogP contribution in [-0.4, -0.2) is 30.5 Å². The summed E-state index contributed by atoms with van der Waals surface area (Å²) >= 11 is 0. The van der Waals surface area contributed by atoms with Crippen molar-refractivity contribution in [2.45, 2.75) is 6.92 Å². The summed E-state index contributed by atoms with van der Waals surface area (Å²) < 4.78 is 3.09. The number of benzene rings is 3. The van der Waals surface area contributed by atoms with Gasteiger partial charge in [0, 0.05) is 43.2 Å². The Morgan fingerprint density at radius 3 is 2.30 bits per heavy atom. The van der Waals surface area contributed by atoms with Gasteiger partial charge in [-0.1, -0.05) is 48.5 Å². The van der Waals surface area contributed by atoms with Crippen molar-refractivity contribution in [1.29, 1.82) is 0 Å². The average Bonchev–Trinajstić information content (AvgIpc) is 3.37. The van der Waals surface area contributed by atoms with Gasteiger partial charge in [-0.25, -0.2) is 0 Å². The fourth-order valence-corrected chi connectivity index (χ4v) is 3.98. The normalized spacial score (nSPS) is 11.1. The highest BCUT2D eigenvalue weighted by molar-refractivity contribution is 6.06. The Morgan fingerprint density at radius 1 is 0.939 bits per heavy atom. The van der Waals surface area contributed by atoms with Crippen LogP contribution in [0.2, 0.25) is 0 Å². The van der Waals surface area contributed by atoms with Gasteiger partial charge in [0.25, 0.3) is 5.91 Å². The van der Waals surface area contributed by atoms with Crippen molar-refractivity contribution >= 4 is 28.2 Å². The van der Waals surface area contributed by atoms with Gasteiger partial charge in [-0.3, -0.25) is 14.0 Å². The number of phenolic OH excluding ortho intramolecular Hbond substituents is 2. The number of fused-ring (bicyclic) bond motifs is 1. The first-order valence-corrected chi connectivity index (χ1v) is 10.4. The largest absolute Gasteiger partial charge is 0.508 e. The van der Waals surface area contributed by atoms with Gasteiger partial charge in [-0.05, 0) is 23.3 Å². The van der Waals surface area contributed by atoms with Crippen LogP contribution in [0.15, 0.2) is 79.1 Å². The molecule has 2 heterocycles. The number of carbonyl (C=O) groups excluding carboxylic acids is 1. The molecule has 0 saturated carbocycles. The zero-order chi connectivity index (χ0) is 23.1. The topological polar surface area (TPSA) is 92.3 Å². The highest BCUT2D eigenvalue weighted by Gasteiger charge is 2.21. The molecule has 0 radical (unpaired) electrons. The van der Waals surface area contributed by atoms with Gasteiger partial charge in [0.1, 0.15) is 22.9 Å². The van der Waals surface area contributed by atoms with Crippen molar-refractivity contribution < 1.29 is 15.0 Å². The van der Waals surface area contributed by atoms with Crippen molar-refractivity contribution in [2.24, 2.45) is 7.05 Å². The second kappa shape index (κ2) is 7.87. The standard InChI is InChI=1S/C26H22N4O3/c1-16-7-3-6-10-20(16)21-13-24(29(2)28-21)27-22-11-19(31)12-23(32)25(22)26(33)30-14-17-8-4-5-9-18(17)15-30/h3-15,27,31-32H,1-2H3. The van der Waals surface area contributed by atoms with Gasteiger partial charge in [0.2, 0.25) is 0 Å². The van der Waals surface area contributed by atoms with Crippen molar-refractivity contribution in [3.63, 3.8) is 0 Å². The summed E-state index contributed by atoms with van der Waals surface area (Å²) in [5.74, 6) is -0.301. The highest BCUT2D eigenvalue weighted by atomic mass is 16.3. The van der Waals surface area contributed by atoms with Crippen LogP contribution in [0.4, 0.5) is 11.5 Å². The van der Waals surface area contributed by atoms with Gasteiger partial charge < -0.3 is 15.5 Å². The maximum Gasteiger partial charge on any atom is 0.267 e. The first-order valence-electron chi connectivity index (χ1n) is 10.4. The molecule has 0 fully saturated rings. The summed E-state index contributed by atoms with van der Waals surface area (Å²) in [6.45, 7) is 2.02. The lowest BCUT2D eigenvalue weighted by Crippen LogP contribution is -2.13. The Hall–Kier alpha value is -4.52. The molecule has 0 aliphatic carbocycles. The molecule has 5 rings (SSSR count). The minimum absolute atomic E-state index is 0.0479. The molecule has 7 heteroatoms. The second-order valence-electron chi connectivity index (χ2n) is 7.97. The van der Waals surface area contributed by atoms with E-state index in [4.69, 9.17) is 0 Å². The molecule has 0 saturated heterocycles. The molecule has 0 aliphatic heterocycles. The number of hydrogen-bond donors (Lipinski definition) is 3. The monoisotopic (exact) mass is 438 g/mol. The van der Waals surface area contributed by atoms with Gasteiger partial charge in [-0.15, -0.1) is 0 Å². The second-order valence-corrected chi connectivity index (χ2v) is 7.97. The van der Waals surface area contributed by atoms with Crippen molar-refractivity contribution in [3.8, 4) is 22.8 Å². The molecule has 164 valence electrons. The van der Waals surface area contributed by atoms with Crippen LogP contribution in [0.1, 0.15) is 15.9 Å². The predicted octanol–water partition coefficient (Wildman–Crippen LogP) is 5.19. The van der Waals surface area contributed by atoms with E-state index in [0.29, 0.717) is 5.82 Å². The summed E-state index contributed by atoms with van der Waals surface area (Å²) in [6, 6.07) is 20.0. The average molecular weight is 438 g/mol. The van der Waals surface area contributed by atoms with E-state index in [-0.39, 0.29) is 22.7 Å². The van der Waals surface area contributed by atoms with Gasteiger partial charge >= 0.3 is 0 Å². The third-order valence-electron chi connectivity index (χ3n) is 5.67. The number of phenols is 2. The number of rotatable bonds is 4. The molecule has 0 aliphatic rings. The van der Waals surface area contributed by atoms with Crippen LogP contribution in [0.3, 0.4) is 0 Å². The van der Waals surface area contributed by atoms with Crippen molar-refractivity contribution in [3.05, 3.63) is 90.3 Å². The fourth-order valence-electron chi connectivity index (χ4n) is 3.98. The molecule has 2 aromatic heterocycles. The Labute approximate surface area is 190 Å². The lowest BCUT2D eigenvalue weighted by atomic mass is 10.1. The van der Waals surface area contributed by atoms with Crippen LogP contribution in [0.5, 0.6) is 11.5 Å². The number of anilines is 2. The summed E-state index contributed by atoms with van der Waals surface area (Å²) in [7, 11) is 1.78. The van der Waals surface area contributed by atoms with Crippen LogP contribution >= 0.6 is 0 Å². The lowest BCUT2D eigenvalue weighted by Gasteiger charge is -2.14. The summed E-state index contributed by atoms with van der Waals surface area (Å²) in [5, 5.41) is 30.3. The summed E-state index contributed by atoms with van der Waals surface area (Å²) in [6.07, 6.45) is 3.43. The summed E-state index contributed by atoms with van der Waals surface area (Å²) in [4.78, 5) is 13.4. The number of aryl methyl sites for hydroxylation is 2. The van der Waals surface area contributed by atoms with E-state index in [9.17, 15) is 15.0 Å². The number of nitrogens with one attached hydrogen (secondary N) is 1. The van der Waals surface area contributed by atoms with Crippen molar-refractivity contribution in [2.75, 3.05) is 5.32 Å². The SMILES string of the molecule is Cc1ccccc1-c1cc(Nc2cc(O)cc(O)c2C(=O)n2cc3ccccc3c2)n(C)n1. The number of hydrogen-bond acceptors (Lipinski definition) is 5. The zero-order valence-electron chi connectivity index (χ0n) is 18.1. The molecule has 0 atom stereocenters. The molecule has 3 N–H and O–H groups in total. The first kappa shape index (κ1) is 20.4. The van der Waals surface area contributed by atoms with E-state index in [1.54, 1.807) is 24.1 Å². The minimum Gasteiger partial charge on any atom is -0.508 e. The van der Waals surface area contributed by atoms with Gasteiger partial charge in [0.15, 0.2) is 0 Å². The summed E-state index contributed by atoms with van der Waals surface area (Å²) in [5.41, 5.74) is 3.18. The minimum atomic E-state index is -0.424. The van der Waals surface area contributed by atoms with Crippen LogP contribution < -0.4 is 5.32 Å². The Kier molecular flexibility index (Phi) is 4.86. The zero-order valence-corrected chi connectivity index (χ0v) is 18.1. The molecule has 7 nitrogen and oxygen atoms in total. The molecule has 0 spiro atoms. The Balaban J connectivity index is 1.56. The first-order chi connectivity index (χ1) is 15.9. The van der Waals surface area contributed by atoms with Gasteiger partial charge in [-0.2, -0.15) is 5.10 Å². The number of aromatic hydroxyl groups is 2. The van der Waals surface area contributed by atoms with Gasteiger partial charge in [0.05, 0.1) is 11.4 Å². The number of aromatic nitrogens is 3. The molecule has 0 bridgehead atoms. The smallest absolute Gasteiger partial charge is 0.267 e. The molecule has 33 heavy (non-hydrogen) atoms. The molecular formula is C26H22N4O3. The fraction of sp³-hybridized carbons (Fsp3) is 0.0769. The number of carbonyl (C=O) groups is 1. The van der Waals surface area contributed by atoms with Crippen LogP contribution in [0, 0.1) is 6.92 Å². The Bertz CT molecular complexity index is 1480.